The highest BCUT2D eigenvalue weighted by Crippen LogP contribution is 2.19. The summed E-state index contributed by atoms with van der Waals surface area (Å²) in [5.74, 6) is 0.00786. The molecule has 0 fully saturated rings. The van der Waals surface area contributed by atoms with Gasteiger partial charge in [-0.1, -0.05) is 19.1 Å². The van der Waals surface area contributed by atoms with Crippen molar-refractivity contribution in [1.82, 2.24) is 15.0 Å². The number of aryl methyl sites for hydroxylation is 1. The van der Waals surface area contributed by atoms with Crippen LogP contribution in [0, 0.1) is 10.1 Å². The lowest BCUT2D eigenvalue weighted by Gasteiger charge is -2.07. The van der Waals surface area contributed by atoms with Gasteiger partial charge in [-0.05, 0) is 54.4 Å². The number of nitro groups is 1. The molecule has 0 saturated carbocycles. The number of nitrogens with zero attached hydrogens (tertiary/aromatic N) is 4. The summed E-state index contributed by atoms with van der Waals surface area (Å²) in [6.45, 7) is 1.87. The van der Waals surface area contributed by atoms with E-state index in [9.17, 15) is 14.9 Å². The van der Waals surface area contributed by atoms with Gasteiger partial charge >= 0.3 is 0 Å². The molecule has 0 aliphatic rings. The highest BCUT2D eigenvalue weighted by Gasteiger charge is 2.09. The molecule has 0 radical (unpaired) electrons. The number of anilines is 1. The second kappa shape index (κ2) is 8.62. The molecule has 4 rings (SSSR count). The predicted octanol–water partition coefficient (Wildman–Crippen LogP) is 3.91. The van der Waals surface area contributed by atoms with Gasteiger partial charge in [-0.25, -0.2) is 0 Å². The molecule has 0 bridgehead atoms. The molecule has 4 aromatic rings. The summed E-state index contributed by atoms with van der Waals surface area (Å²) in [6.07, 6.45) is 0.964. The van der Waals surface area contributed by atoms with Crippen molar-refractivity contribution in [3.63, 3.8) is 0 Å². The summed E-state index contributed by atoms with van der Waals surface area (Å²) in [7, 11) is 0. The standard InChI is InChI=1S/C22H19N5O4/c1-2-15-3-6-17(7-4-15)26-24-20-12-5-16(13-21(20)25-26)23-22(28)14-31-19-10-8-18(9-11-19)27(29)30/h3-13H,2,14H2,1H3,(H,23,28). The van der Waals surface area contributed by atoms with E-state index < -0.39 is 4.92 Å². The number of ether oxygens (including phenoxy) is 1. The molecule has 1 N–H and O–H groups in total. The van der Waals surface area contributed by atoms with E-state index in [1.165, 1.54) is 29.8 Å². The quantitative estimate of drug-likeness (QED) is 0.360. The molecular formula is C22H19N5O4. The number of non-ortho nitro benzene ring substituents is 1. The average Bonchev–Trinajstić information content (AvgIpc) is 3.21. The Bertz CT molecular complexity index is 1230. The normalized spacial score (nSPS) is 10.7. The molecule has 1 aromatic heterocycles. The van der Waals surface area contributed by atoms with Crippen LogP contribution >= 0.6 is 0 Å². The molecule has 0 aliphatic heterocycles. The van der Waals surface area contributed by atoms with Crippen molar-refractivity contribution in [1.29, 1.82) is 0 Å². The van der Waals surface area contributed by atoms with E-state index in [1.54, 1.807) is 23.0 Å². The number of nitrogens with one attached hydrogen (secondary N) is 1. The molecule has 156 valence electrons. The minimum absolute atomic E-state index is 0.0422. The Hall–Kier alpha value is -4.27. The molecule has 0 atom stereocenters. The van der Waals surface area contributed by atoms with Crippen LogP contribution in [0.15, 0.2) is 66.7 Å². The molecule has 1 amide bonds. The predicted molar refractivity (Wildman–Crippen MR) is 115 cm³/mol. The summed E-state index contributed by atoms with van der Waals surface area (Å²) in [5.41, 5.74) is 3.97. The monoisotopic (exact) mass is 417 g/mol. The zero-order chi connectivity index (χ0) is 21.8. The number of fused-ring (bicyclic) bond motifs is 1. The highest BCUT2D eigenvalue weighted by atomic mass is 16.6. The van der Waals surface area contributed by atoms with Crippen LogP contribution in [0.25, 0.3) is 16.7 Å². The zero-order valence-electron chi connectivity index (χ0n) is 16.7. The largest absolute Gasteiger partial charge is 0.484 e. The topological polar surface area (TPSA) is 112 Å². The molecular weight excluding hydrogens is 398 g/mol. The maximum absolute atomic E-state index is 12.2. The SMILES string of the molecule is CCc1ccc(-n2nc3ccc(NC(=O)COc4ccc([N+](=O)[O-])cc4)cc3n2)cc1. The van der Waals surface area contributed by atoms with Crippen LogP contribution in [-0.4, -0.2) is 32.4 Å². The first kappa shape index (κ1) is 20.0. The van der Waals surface area contributed by atoms with Crippen LogP contribution in [0.1, 0.15) is 12.5 Å². The fourth-order valence-electron chi connectivity index (χ4n) is 2.98. The van der Waals surface area contributed by atoms with E-state index in [0.717, 1.165) is 12.1 Å². The molecule has 1 heterocycles. The Morgan fingerprint density at radius 1 is 1.03 bits per heavy atom. The van der Waals surface area contributed by atoms with Crippen molar-refractivity contribution in [3.05, 3.63) is 82.4 Å². The minimum atomic E-state index is -0.497. The molecule has 0 saturated heterocycles. The number of aromatic nitrogens is 3. The molecule has 0 unspecified atom stereocenters. The van der Waals surface area contributed by atoms with Gasteiger partial charge in [0.1, 0.15) is 16.8 Å². The molecule has 31 heavy (non-hydrogen) atoms. The summed E-state index contributed by atoms with van der Waals surface area (Å²) in [6, 6.07) is 18.8. The zero-order valence-corrected chi connectivity index (χ0v) is 16.7. The van der Waals surface area contributed by atoms with Crippen molar-refractivity contribution < 1.29 is 14.5 Å². The lowest BCUT2D eigenvalue weighted by atomic mass is 10.2. The molecule has 0 aliphatic carbocycles. The number of carbonyl (C=O) groups excluding carboxylic acids is 1. The van der Waals surface area contributed by atoms with Crippen molar-refractivity contribution in [2.45, 2.75) is 13.3 Å². The maximum atomic E-state index is 12.2. The Kier molecular flexibility index (Phi) is 5.57. The number of amides is 1. The van der Waals surface area contributed by atoms with Crippen LogP contribution in [0.3, 0.4) is 0 Å². The van der Waals surface area contributed by atoms with Crippen LogP contribution in [0.2, 0.25) is 0 Å². The van der Waals surface area contributed by atoms with Crippen LogP contribution in [0.5, 0.6) is 5.75 Å². The number of carbonyl (C=O) groups is 1. The van der Waals surface area contributed by atoms with E-state index >= 15 is 0 Å². The van der Waals surface area contributed by atoms with Crippen molar-refractivity contribution in [2.75, 3.05) is 11.9 Å². The van der Waals surface area contributed by atoms with Gasteiger partial charge in [-0.2, -0.15) is 4.80 Å². The Morgan fingerprint density at radius 2 is 1.74 bits per heavy atom. The van der Waals surface area contributed by atoms with Crippen LogP contribution in [-0.2, 0) is 11.2 Å². The van der Waals surface area contributed by atoms with Gasteiger partial charge in [0.2, 0.25) is 0 Å². The first-order valence-electron chi connectivity index (χ1n) is 9.65. The second-order valence-electron chi connectivity index (χ2n) is 6.80. The minimum Gasteiger partial charge on any atom is -0.484 e. The van der Waals surface area contributed by atoms with Gasteiger partial charge in [0.15, 0.2) is 6.61 Å². The van der Waals surface area contributed by atoms with Gasteiger partial charge < -0.3 is 10.1 Å². The second-order valence-corrected chi connectivity index (χ2v) is 6.80. The Balaban J connectivity index is 1.40. The third-order valence-corrected chi connectivity index (χ3v) is 4.66. The van der Waals surface area contributed by atoms with Gasteiger partial charge in [0.25, 0.3) is 11.6 Å². The Morgan fingerprint density at radius 3 is 2.42 bits per heavy atom. The summed E-state index contributed by atoms with van der Waals surface area (Å²) in [4.78, 5) is 23.9. The number of hydrogen-bond donors (Lipinski definition) is 1. The molecule has 9 heteroatoms. The Labute approximate surface area is 177 Å². The maximum Gasteiger partial charge on any atom is 0.269 e. The number of rotatable bonds is 7. The first-order valence-corrected chi connectivity index (χ1v) is 9.65. The number of hydrogen-bond acceptors (Lipinski definition) is 6. The summed E-state index contributed by atoms with van der Waals surface area (Å²) in [5, 5.41) is 22.4. The molecule has 0 spiro atoms. The fourth-order valence-corrected chi connectivity index (χ4v) is 2.98. The van der Waals surface area contributed by atoms with Gasteiger partial charge in [-0.3, -0.25) is 14.9 Å². The van der Waals surface area contributed by atoms with Gasteiger partial charge in [0, 0.05) is 17.8 Å². The van der Waals surface area contributed by atoms with Gasteiger partial charge in [-0.15, -0.1) is 10.2 Å². The highest BCUT2D eigenvalue weighted by molar-refractivity contribution is 5.93. The van der Waals surface area contributed by atoms with Crippen molar-refractivity contribution in [2.24, 2.45) is 0 Å². The average molecular weight is 417 g/mol. The lowest BCUT2D eigenvalue weighted by Crippen LogP contribution is -2.20. The molecule has 9 nitrogen and oxygen atoms in total. The smallest absolute Gasteiger partial charge is 0.269 e. The van der Waals surface area contributed by atoms with Crippen molar-refractivity contribution in [3.8, 4) is 11.4 Å². The fraction of sp³-hybridized carbons (Fsp3) is 0.136. The summed E-state index contributed by atoms with van der Waals surface area (Å²) >= 11 is 0. The summed E-state index contributed by atoms with van der Waals surface area (Å²) < 4.78 is 5.38. The van der Waals surface area contributed by atoms with E-state index in [2.05, 4.69) is 22.4 Å². The van der Waals surface area contributed by atoms with Crippen LogP contribution in [0.4, 0.5) is 11.4 Å². The number of nitro benzene ring substituents is 1. The molecule has 3 aromatic carbocycles. The lowest BCUT2D eigenvalue weighted by molar-refractivity contribution is -0.384. The van der Waals surface area contributed by atoms with E-state index in [-0.39, 0.29) is 18.2 Å². The van der Waals surface area contributed by atoms with Crippen LogP contribution < -0.4 is 10.1 Å². The third-order valence-electron chi connectivity index (χ3n) is 4.66. The van der Waals surface area contributed by atoms with E-state index in [0.29, 0.717) is 22.5 Å². The van der Waals surface area contributed by atoms with Crippen molar-refractivity contribution >= 4 is 28.3 Å². The first-order chi connectivity index (χ1) is 15.0. The van der Waals surface area contributed by atoms with Gasteiger partial charge in [0.05, 0.1) is 10.6 Å². The van der Waals surface area contributed by atoms with E-state index in [1.807, 2.05) is 24.3 Å². The van der Waals surface area contributed by atoms with E-state index in [4.69, 9.17) is 4.74 Å². The number of benzene rings is 3. The third kappa shape index (κ3) is 4.67.